The molecular formula is C15H15F3O4. The van der Waals surface area contributed by atoms with Crippen molar-refractivity contribution >= 4 is 11.8 Å². The number of carbonyl (C=O) groups excluding carboxylic acids is 2. The van der Waals surface area contributed by atoms with Gasteiger partial charge in [-0.1, -0.05) is 6.92 Å². The Kier molecular flexibility index (Phi) is 6.15. The van der Waals surface area contributed by atoms with Crippen LogP contribution in [0.1, 0.15) is 29.3 Å². The van der Waals surface area contributed by atoms with Gasteiger partial charge in [-0.15, -0.1) is 0 Å². The molecule has 0 unspecified atom stereocenters. The fourth-order valence-corrected chi connectivity index (χ4v) is 1.54. The van der Waals surface area contributed by atoms with Crippen LogP contribution < -0.4 is 4.74 Å². The summed E-state index contributed by atoms with van der Waals surface area (Å²) in [6.07, 6.45) is -2.26. The highest BCUT2D eigenvalue weighted by atomic mass is 19.4. The van der Waals surface area contributed by atoms with Crippen LogP contribution in [-0.4, -0.2) is 25.5 Å². The summed E-state index contributed by atoms with van der Waals surface area (Å²) in [5, 5.41) is 0. The van der Waals surface area contributed by atoms with Gasteiger partial charge in [0.15, 0.2) is 5.78 Å². The molecule has 0 saturated heterocycles. The van der Waals surface area contributed by atoms with E-state index >= 15 is 0 Å². The van der Waals surface area contributed by atoms with Crippen LogP contribution in [0.25, 0.3) is 0 Å². The van der Waals surface area contributed by atoms with E-state index in [1.54, 1.807) is 0 Å². The summed E-state index contributed by atoms with van der Waals surface area (Å²) in [4.78, 5) is 22.9. The van der Waals surface area contributed by atoms with Gasteiger partial charge in [-0.05, 0) is 30.7 Å². The van der Waals surface area contributed by atoms with E-state index in [1.807, 2.05) is 6.92 Å². The molecule has 1 aromatic rings. The minimum absolute atomic E-state index is 0.0364. The highest BCUT2D eigenvalue weighted by Gasteiger charge is 2.31. The summed E-state index contributed by atoms with van der Waals surface area (Å²) in [5.74, 6) is -1.52. The van der Waals surface area contributed by atoms with Crippen LogP contribution in [0.4, 0.5) is 13.2 Å². The first-order valence-corrected chi connectivity index (χ1v) is 6.44. The Bertz CT molecular complexity index is 577. The molecule has 0 aromatic heterocycles. The first kappa shape index (κ1) is 17.7. The number of carbonyl (C=O) groups is 2. The molecule has 0 amide bonds. The van der Waals surface area contributed by atoms with Gasteiger partial charge in [-0.25, -0.2) is 4.79 Å². The Morgan fingerprint density at radius 2 is 1.91 bits per heavy atom. The molecule has 0 aliphatic carbocycles. The third-order valence-corrected chi connectivity index (χ3v) is 2.61. The fourth-order valence-electron chi connectivity index (χ4n) is 1.54. The molecule has 1 rings (SSSR count). The predicted molar refractivity (Wildman–Crippen MR) is 72.7 cm³/mol. The minimum Gasteiger partial charge on any atom is -0.493 e. The number of hydrogen-bond donors (Lipinski definition) is 0. The molecule has 1 aromatic carbocycles. The maximum Gasteiger partial charge on any atom is 0.416 e. The molecule has 0 fully saturated rings. The molecule has 0 bridgehead atoms. The molecule has 22 heavy (non-hydrogen) atoms. The molecular weight excluding hydrogens is 301 g/mol. The van der Waals surface area contributed by atoms with E-state index in [0.29, 0.717) is 12.5 Å². The monoisotopic (exact) mass is 316 g/mol. The zero-order chi connectivity index (χ0) is 16.8. The zero-order valence-electron chi connectivity index (χ0n) is 12.1. The van der Waals surface area contributed by atoms with E-state index in [-0.39, 0.29) is 17.9 Å². The first-order valence-electron chi connectivity index (χ1n) is 6.44. The lowest BCUT2D eigenvalue weighted by atomic mass is 10.0. The van der Waals surface area contributed by atoms with Crippen molar-refractivity contribution in [3.63, 3.8) is 0 Å². The Labute approximate surface area is 125 Å². The summed E-state index contributed by atoms with van der Waals surface area (Å²) in [7, 11) is 1.12. The number of rotatable bonds is 6. The average Bonchev–Trinajstić information content (AvgIpc) is 2.48. The van der Waals surface area contributed by atoms with Gasteiger partial charge in [0.1, 0.15) is 5.75 Å². The number of benzene rings is 1. The minimum atomic E-state index is -4.58. The molecule has 0 aliphatic heterocycles. The van der Waals surface area contributed by atoms with Gasteiger partial charge >= 0.3 is 12.1 Å². The van der Waals surface area contributed by atoms with Gasteiger partial charge in [0.25, 0.3) is 0 Å². The molecule has 0 atom stereocenters. The number of ketones is 1. The van der Waals surface area contributed by atoms with E-state index in [9.17, 15) is 22.8 Å². The van der Waals surface area contributed by atoms with Crippen LogP contribution >= 0.6 is 0 Å². The third kappa shape index (κ3) is 4.91. The smallest absolute Gasteiger partial charge is 0.416 e. The molecule has 7 heteroatoms. The Hall–Kier alpha value is -2.31. The van der Waals surface area contributed by atoms with E-state index in [1.165, 1.54) is 0 Å². The molecule has 0 aliphatic rings. The largest absolute Gasteiger partial charge is 0.493 e. The molecule has 0 saturated carbocycles. The number of halogens is 3. The highest BCUT2D eigenvalue weighted by molar-refractivity contribution is 6.08. The maximum atomic E-state index is 12.7. The quantitative estimate of drug-likeness (QED) is 0.458. The fraction of sp³-hybridized carbons (Fsp3) is 0.333. The predicted octanol–water partition coefficient (Wildman–Crippen LogP) is 3.41. The number of ether oxygens (including phenoxy) is 2. The third-order valence-electron chi connectivity index (χ3n) is 2.61. The summed E-state index contributed by atoms with van der Waals surface area (Å²) in [6.45, 7) is 2.08. The van der Waals surface area contributed by atoms with Crippen molar-refractivity contribution in [2.45, 2.75) is 19.5 Å². The average molecular weight is 316 g/mol. The van der Waals surface area contributed by atoms with Gasteiger partial charge in [0, 0.05) is 6.08 Å². The maximum absolute atomic E-state index is 12.7. The van der Waals surface area contributed by atoms with Crippen molar-refractivity contribution in [1.82, 2.24) is 0 Å². The lowest BCUT2D eigenvalue weighted by Crippen LogP contribution is -2.09. The van der Waals surface area contributed by atoms with Crippen LogP contribution in [0.3, 0.4) is 0 Å². The van der Waals surface area contributed by atoms with Crippen LogP contribution in [0, 0.1) is 0 Å². The number of methoxy groups -OCH3 is 1. The van der Waals surface area contributed by atoms with Gasteiger partial charge in [-0.3, -0.25) is 4.79 Å². The van der Waals surface area contributed by atoms with Crippen LogP contribution in [-0.2, 0) is 15.7 Å². The van der Waals surface area contributed by atoms with Gasteiger partial charge in [0.05, 0.1) is 24.8 Å². The number of esters is 1. The molecule has 0 radical (unpaired) electrons. The van der Waals surface area contributed by atoms with Crippen molar-refractivity contribution in [2.75, 3.05) is 13.7 Å². The molecule has 0 N–H and O–H groups in total. The van der Waals surface area contributed by atoms with E-state index in [2.05, 4.69) is 4.74 Å². The van der Waals surface area contributed by atoms with E-state index < -0.39 is 23.5 Å². The topological polar surface area (TPSA) is 52.6 Å². The number of alkyl halides is 3. The Balaban J connectivity index is 3.18. The standard InChI is InChI=1S/C15H15F3O4/c1-3-8-22-13-6-4-10(15(16,17)18)9-11(13)12(19)5-7-14(20)21-2/h4-7,9H,3,8H2,1-2H3/b7-5+. The van der Waals surface area contributed by atoms with Crippen LogP contribution in [0.5, 0.6) is 5.75 Å². The second-order valence-electron chi connectivity index (χ2n) is 4.28. The molecule has 0 heterocycles. The first-order chi connectivity index (χ1) is 10.3. The van der Waals surface area contributed by atoms with Crippen LogP contribution in [0.15, 0.2) is 30.4 Å². The zero-order valence-corrected chi connectivity index (χ0v) is 12.1. The van der Waals surface area contributed by atoms with Crippen molar-refractivity contribution in [1.29, 1.82) is 0 Å². The second-order valence-corrected chi connectivity index (χ2v) is 4.28. The van der Waals surface area contributed by atoms with Gasteiger partial charge in [0.2, 0.25) is 0 Å². The second kappa shape index (κ2) is 7.63. The van der Waals surface area contributed by atoms with E-state index in [0.717, 1.165) is 31.4 Å². The van der Waals surface area contributed by atoms with Crippen molar-refractivity contribution in [2.24, 2.45) is 0 Å². The summed E-state index contributed by atoms with van der Waals surface area (Å²) < 4.78 is 47.8. The van der Waals surface area contributed by atoms with Gasteiger partial charge in [-0.2, -0.15) is 13.2 Å². The van der Waals surface area contributed by atoms with Crippen molar-refractivity contribution in [3.05, 3.63) is 41.5 Å². The van der Waals surface area contributed by atoms with Crippen LogP contribution in [0.2, 0.25) is 0 Å². The lowest BCUT2D eigenvalue weighted by molar-refractivity contribution is -0.137. The van der Waals surface area contributed by atoms with Gasteiger partial charge < -0.3 is 9.47 Å². The van der Waals surface area contributed by atoms with Crippen molar-refractivity contribution < 1.29 is 32.2 Å². The Morgan fingerprint density at radius 1 is 1.23 bits per heavy atom. The summed E-state index contributed by atoms with van der Waals surface area (Å²) in [6, 6.07) is 2.64. The van der Waals surface area contributed by atoms with Crippen molar-refractivity contribution in [3.8, 4) is 5.75 Å². The lowest BCUT2D eigenvalue weighted by Gasteiger charge is -2.12. The number of allylic oxidation sites excluding steroid dienone is 1. The normalized spacial score (nSPS) is 11.5. The van der Waals surface area contributed by atoms with E-state index in [4.69, 9.17) is 4.74 Å². The summed E-state index contributed by atoms with van der Waals surface area (Å²) >= 11 is 0. The number of hydrogen-bond acceptors (Lipinski definition) is 4. The molecule has 0 spiro atoms. The summed E-state index contributed by atoms with van der Waals surface area (Å²) in [5.41, 5.74) is -1.23. The molecule has 120 valence electrons. The highest BCUT2D eigenvalue weighted by Crippen LogP contribution is 2.33. The SMILES string of the molecule is CCCOc1ccc(C(F)(F)F)cc1C(=O)/C=C/C(=O)OC. The molecule has 4 nitrogen and oxygen atoms in total. The Morgan fingerprint density at radius 3 is 2.45 bits per heavy atom.